The molecular formula is C21H31NO5. The summed E-state index contributed by atoms with van der Waals surface area (Å²) in [4.78, 5) is 13.7. The maximum absolute atomic E-state index is 12.1. The van der Waals surface area contributed by atoms with E-state index in [4.69, 9.17) is 14.2 Å². The van der Waals surface area contributed by atoms with Gasteiger partial charge >= 0.3 is 6.09 Å². The minimum Gasteiger partial charge on any atom is -0.493 e. The van der Waals surface area contributed by atoms with E-state index >= 15 is 0 Å². The van der Waals surface area contributed by atoms with E-state index in [0.717, 1.165) is 24.2 Å². The van der Waals surface area contributed by atoms with Gasteiger partial charge in [-0.25, -0.2) is 4.79 Å². The van der Waals surface area contributed by atoms with Crippen LogP contribution in [0.1, 0.15) is 51.0 Å². The molecule has 0 bridgehead atoms. The molecule has 1 N–H and O–H groups in total. The lowest BCUT2D eigenvalue weighted by Crippen LogP contribution is -2.38. The molecule has 0 spiro atoms. The van der Waals surface area contributed by atoms with E-state index in [-0.39, 0.29) is 18.1 Å². The van der Waals surface area contributed by atoms with Gasteiger partial charge in [0.1, 0.15) is 0 Å². The van der Waals surface area contributed by atoms with E-state index < -0.39 is 11.5 Å². The SMILES string of the molecule is COC(=O)N1C[C@H](c2ccc(OC)c(OC3CCCC3)c2)[C@@](C)([C@@H](C)O)C1. The largest absolute Gasteiger partial charge is 0.493 e. The van der Waals surface area contributed by atoms with Gasteiger partial charge in [-0.3, -0.25) is 0 Å². The van der Waals surface area contributed by atoms with Gasteiger partial charge in [-0.1, -0.05) is 13.0 Å². The average molecular weight is 377 g/mol. The van der Waals surface area contributed by atoms with E-state index in [1.165, 1.54) is 20.0 Å². The molecule has 1 aliphatic carbocycles. The van der Waals surface area contributed by atoms with Crippen LogP contribution < -0.4 is 9.47 Å². The van der Waals surface area contributed by atoms with Gasteiger partial charge in [-0.2, -0.15) is 0 Å². The molecule has 1 saturated heterocycles. The molecule has 0 unspecified atom stereocenters. The zero-order valence-corrected chi connectivity index (χ0v) is 16.7. The molecule has 150 valence electrons. The maximum Gasteiger partial charge on any atom is 0.409 e. The fourth-order valence-electron chi connectivity index (χ4n) is 4.38. The summed E-state index contributed by atoms with van der Waals surface area (Å²) < 4.78 is 16.6. The molecular weight excluding hydrogens is 346 g/mol. The first kappa shape index (κ1) is 19.8. The highest BCUT2D eigenvalue weighted by atomic mass is 16.5. The van der Waals surface area contributed by atoms with Crippen molar-refractivity contribution in [2.45, 2.75) is 57.7 Å². The third-order valence-corrected chi connectivity index (χ3v) is 6.30. The van der Waals surface area contributed by atoms with Crippen molar-refractivity contribution in [3.8, 4) is 11.5 Å². The van der Waals surface area contributed by atoms with Crippen molar-refractivity contribution in [2.24, 2.45) is 5.41 Å². The minimum absolute atomic E-state index is 0.0200. The van der Waals surface area contributed by atoms with Gasteiger partial charge < -0.3 is 24.2 Å². The highest BCUT2D eigenvalue weighted by Crippen LogP contribution is 2.47. The molecule has 1 aromatic carbocycles. The number of carbonyl (C=O) groups excluding carboxylic acids is 1. The van der Waals surface area contributed by atoms with Gasteiger partial charge in [0.15, 0.2) is 11.5 Å². The van der Waals surface area contributed by atoms with E-state index in [2.05, 4.69) is 0 Å². The molecule has 6 nitrogen and oxygen atoms in total. The molecule has 2 fully saturated rings. The second-order valence-corrected chi connectivity index (χ2v) is 8.02. The minimum atomic E-state index is -0.571. The summed E-state index contributed by atoms with van der Waals surface area (Å²) in [6.07, 6.45) is 3.83. The molecule has 1 aromatic rings. The summed E-state index contributed by atoms with van der Waals surface area (Å²) in [5.74, 6) is 1.44. The van der Waals surface area contributed by atoms with Crippen molar-refractivity contribution in [3.05, 3.63) is 23.8 Å². The Morgan fingerprint density at radius 1 is 1.26 bits per heavy atom. The van der Waals surface area contributed by atoms with Crippen LogP contribution in [0.5, 0.6) is 11.5 Å². The fourth-order valence-corrected chi connectivity index (χ4v) is 4.38. The summed E-state index contributed by atoms with van der Waals surface area (Å²) >= 11 is 0. The predicted molar refractivity (Wildman–Crippen MR) is 102 cm³/mol. The number of amides is 1. The maximum atomic E-state index is 12.1. The second kappa shape index (κ2) is 7.97. The Morgan fingerprint density at radius 2 is 1.96 bits per heavy atom. The molecule has 0 radical (unpaired) electrons. The number of hydrogen-bond acceptors (Lipinski definition) is 5. The van der Waals surface area contributed by atoms with Crippen LogP contribution in [0, 0.1) is 5.41 Å². The van der Waals surface area contributed by atoms with Crippen LogP contribution in [0.2, 0.25) is 0 Å². The number of carbonyl (C=O) groups is 1. The Balaban J connectivity index is 1.91. The highest BCUT2D eigenvalue weighted by Gasteiger charge is 2.48. The van der Waals surface area contributed by atoms with Crippen LogP contribution in [0.3, 0.4) is 0 Å². The van der Waals surface area contributed by atoms with Crippen molar-refractivity contribution >= 4 is 6.09 Å². The van der Waals surface area contributed by atoms with Crippen molar-refractivity contribution in [1.82, 2.24) is 4.90 Å². The van der Waals surface area contributed by atoms with Crippen LogP contribution in [-0.2, 0) is 4.74 Å². The van der Waals surface area contributed by atoms with E-state index in [1.807, 2.05) is 25.1 Å². The van der Waals surface area contributed by atoms with Crippen LogP contribution in [0.4, 0.5) is 4.79 Å². The third kappa shape index (κ3) is 3.86. The van der Waals surface area contributed by atoms with Crippen LogP contribution in [-0.4, -0.2) is 55.6 Å². The van der Waals surface area contributed by atoms with Crippen LogP contribution >= 0.6 is 0 Å². The highest BCUT2D eigenvalue weighted by molar-refractivity contribution is 5.68. The van der Waals surface area contributed by atoms with E-state index in [0.29, 0.717) is 18.8 Å². The summed E-state index contributed by atoms with van der Waals surface area (Å²) in [6.45, 7) is 4.76. The lowest BCUT2D eigenvalue weighted by atomic mass is 9.72. The van der Waals surface area contributed by atoms with Crippen molar-refractivity contribution in [1.29, 1.82) is 0 Å². The van der Waals surface area contributed by atoms with Gasteiger partial charge in [-0.05, 0) is 50.3 Å². The molecule has 2 aliphatic rings. The molecule has 3 atom stereocenters. The first-order valence-corrected chi connectivity index (χ1v) is 9.74. The summed E-state index contributed by atoms with van der Waals surface area (Å²) in [5, 5.41) is 10.5. The van der Waals surface area contributed by atoms with Crippen molar-refractivity contribution in [3.63, 3.8) is 0 Å². The molecule has 1 saturated carbocycles. The van der Waals surface area contributed by atoms with Gasteiger partial charge in [-0.15, -0.1) is 0 Å². The Hall–Kier alpha value is -1.95. The predicted octanol–water partition coefficient (Wildman–Crippen LogP) is 3.57. The normalized spacial score (nSPS) is 26.9. The molecule has 0 aromatic heterocycles. The lowest BCUT2D eigenvalue weighted by molar-refractivity contribution is 0.0470. The quantitative estimate of drug-likeness (QED) is 0.850. The molecule has 6 heteroatoms. The number of nitrogens with zero attached hydrogens (tertiary/aromatic N) is 1. The van der Waals surface area contributed by atoms with Gasteiger partial charge in [0, 0.05) is 24.4 Å². The number of likely N-dealkylation sites (tertiary alicyclic amines) is 1. The molecule has 1 heterocycles. The number of aliphatic hydroxyl groups is 1. The molecule has 1 aliphatic heterocycles. The zero-order valence-electron chi connectivity index (χ0n) is 16.7. The Morgan fingerprint density at radius 3 is 2.56 bits per heavy atom. The first-order valence-electron chi connectivity index (χ1n) is 9.74. The standard InChI is InChI=1S/C21H31NO5/c1-14(23)21(2)13-22(20(24)26-4)12-17(21)15-9-10-18(25-3)19(11-15)27-16-7-5-6-8-16/h9-11,14,16-17,23H,5-8,12-13H2,1-4H3/t14-,17-,21-/m1/s1. The van der Waals surface area contributed by atoms with Crippen molar-refractivity contribution < 1.29 is 24.1 Å². The van der Waals surface area contributed by atoms with Crippen molar-refractivity contribution in [2.75, 3.05) is 27.3 Å². The van der Waals surface area contributed by atoms with Crippen LogP contribution in [0.15, 0.2) is 18.2 Å². The van der Waals surface area contributed by atoms with Gasteiger partial charge in [0.05, 0.1) is 26.4 Å². The number of benzene rings is 1. The third-order valence-electron chi connectivity index (χ3n) is 6.30. The van der Waals surface area contributed by atoms with E-state index in [9.17, 15) is 9.90 Å². The number of methoxy groups -OCH3 is 2. The number of aliphatic hydroxyl groups excluding tert-OH is 1. The second-order valence-electron chi connectivity index (χ2n) is 8.02. The zero-order chi connectivity index (χ0) is 19.6. The Kier molecular flexibility index (Phi) is 5.84. The fraction of sp³-hybridized carbons (Fsp3) is 0.667. The smallest absolute Gasteiger partial charge is 0.409 e. The Labute approximate surface area is 161 Å². The number of ether oxygens (including phenoxy) is 3. The topological polar surface area (TPSA) is 68.2 Å². The summed E-state index contributed by atoms with van der Waals surface area (Å²) in [5.41, 5.74) is 0.575. The lowest BCUT2D eigenvalue weighted by Gasteiger charge is -2.33. The molecule has 27 heavy (non-hydrogen) atoms. The first-order chi connectivity index (χ1) is 12.9. The number of rotatable bonds is 5. The molecule has 3 rings (SSSR count). The Bertz CT molecular complexity index is 671. The van der Waals surface area contributed by atoms with Gasteiger partial charge in [0.25, 0.3) is 0 Å². The number of hydrogen-bond donors (Lipinski definition) is 1. The monoisotopic (exact) mass is 377 g/mol. The van der Waals surface area contributed by atoms with Crippen LogP contribution in [0.25, 0.3) is 0 Å². The summed E-state index contributed by atoms with van der Waals surface area (Å²) in [7, 11) is 3.03. The van der Waals surface area contributed by atoms with Gasteiger partial charge in [0.2, 0.25) is 0 Å². The molecule has 1 amide bonds. The average Bonchev–Trinajstić information content (AvgIpc) is 3.29. The summed E-state index contributed by atoms with van der Waals surface area (Å²) in [6, 6.07) is 5.94. The van der Waals surface area contributed by atoms with E-state index in [1.54, 1.807) is 18.9 Å².